The van der Waals surface area contributed by atoms with Crippen molar-refractivity contribution >= 4 is 28.9 Å². The zero-order valence-electron chi connectivity index (χ0n) is 24.8. The number of aromatic nitrogens is 2. The summed E-state index contributed by atoms with van der Waals surface area (Å²) < 4.78 is 44.5. The van der Waals surface area contributed by atoms with Crippen molar-refractivity contribution in [1.29, 1.82) is 0 Å². The highest BCUT2D eigenvalue weighted by molar-refractivity contribution is 5.98. The fourth-order valence-electron chi connectivity index (χ4n) is 4.43. The fourth-order valence-corrected chi connectivity index (χ4v) is 4.43. The molecule has 0 spiro atoms. The molecule has 0 saturated carbocycles. The number of halogens is 2. The highest BCUT2D eigenvalue weighted by atomic mass is 19.1. The summed E-state index contributed by atoms with van der Waals surface area (Å²) in [5, 5.41) is 0. The lowest BCUT2D eigenvalue weighted by atomic mass is 10.0. The Bertz CT molecular complexity index is 1420. The summed E-state index contributed by atoms with van der Waals surface area (Å²) in [6, 6.07) is 6.27. The first-order valence-corrected chi connectivity index (χ1v) is 13.8. The molecule has 0 aliphatic carbocycles. The lowest BCUT2D eigenvalue weighted by Crippen LogP contribution is -2.40. The van der Waals surface area contributed by atoms with Crippen LogP contribution >= 0.6 is 0 Å². The van der Waals surface area contributed by atoms with Gasteiger partial charge >= 0.3 is 6.09 Å². The second-order valence-corrected chi connectivity index (χ2v) is 11.3. The number of carbonyl (C=O) groups is 2. The normalized spacial score (nSPS) is 14.4. The van der Waals surface area contributed by atoms with Crippen molar-refractivity contribution in [3.05, 3.63) is 59.3 Å². The molecule has 3 aromatic rings. The van der Waals surface area contributed by atoms with E-state index in [1.165, 1.54) is 9.80 Å². The third kappa shape index (κ3) is 7.81. The van der Waals surface area contributed by atoms with E-state index in [0.29, 0.717) is 54.3 Å². The number of ether oxygens (including phenoxy) is 3. The van der Waals surface area contributed by atoms with Crippen molar-refractivity contribution in [2.75, 3.05) is 58.4 Å². The van der Waals surface area contributed by atoms with Gasteiger partial charge in [-0.1, -0.05) is 0 Å². The van der Waals surface area contributed by atoms with Crippen LogP contribution in [-0.4, -0.2) is 90.9 Å². The zero-order valence-corrected chi connectivity index (χ0v) is 24.8. The summed E-state index contributed by atoms with van der Waals surface area (Å²) in [5.74, 6) is -1.18. The number of amides is 2. The van der Waals surface area contributed by atoms with Gasteiger partial charge in [-0.2, -0.15) is 0 Å². The molecule has 1 saturated heterocycles. The molecule has 2 heterocycles. The van der Waals surface area contributed by atoms with E-state index in [1.54, 1.807) is 60.1 Å². The lowest BCUT2D eigenvalue weighted by molar-refractivity contribution is 0.0283. The van der Waals surface area contributed by atoms with Gasteiger partial charge in [-0.05, 0) is 39.8 Å². The molecule has 2 amide bonds. The predicted octanol–water partition coefficient (Wildman–Crippen LogP) is 4.82. The molecule has 10 nitrogen and oxygen atoms in total. The maximum atomic E-state index is 13.9. The molecule has 0 bridgehead atoms. The molecule has 1 fully saturated rings. The molecule has 1 unspecified atom stereocenters. The van der Waals surface area contributed by atoms with E-state index >= 15 is 0 Å². The van der Waals surface area contributed by atoms with Crippen LogP contribution in [-0.2, 0) is 9.47 Å². The summed E-state index contributed by atoms with van der Waals surface area (Å²) in [4.78, 5) is 40.3. The Labute approximate surface area is 244 Å². The Morgan fingerprint density at radius 2 is 1.67 bits per heavy atom. The second-order valence-electron chi connectivity index (χ2n) is 11.3. The van der Waals surface area contributed by atoms with Gasteiger partial charge in [0.15, 0.2) is 0 Å². The van der Waals surface area contributed by atoms with Gasteiger partial charge in [-0.25, -0.2) is 18.6 Å². The topological polar surface area (TPSA) is 97.3 Å². The van der Waals surface area contributed by atoms with Crippen molar-refractivity contribution in [3.63, 3.8) is 0 Å². The number of likely N-dealkylation sites (N-methyl/N-ethyl adjacent to an activating group) is 2. The van der Waals surface area contributed by atoms with Crippen LogP contribution in [0.2, 0.25) is 0 Å². The largest absolute Gasteiger partial charge is 0.486 e. The average Bonchev–Trinajstić information content (AvgIpc) is 2.93. The third-order valence-electron chi connectivity index (χ3n) is 6.66. The van der Waals surface area contributed by atoms with Gasteiger partial charge in [0.25, 0.3) is 5.91 Å². The summed E-state index contributed by atoms with van der Waals surface area (Å²) in [7, 11) is 3.24. The number of fused-ring (bicyclic) bond motifs is 1. The molecule has 12 heteroatoms. The SMILES string of the molecule is CC(Oc1cc(F)cc(F)c1)c1cc(C(=O)N(C)CCN(C)C(=O)OC(C)(C)C)cc2ncc(N3CCOCC3)nc12. The lowest BCUT2D eigenvalue weighted by Gasteiger charge is -2.28. The van der Waals surface area contributed by atoms with Crippen LogP contribution in [0, 0.1) is 11.6 Å². The maximum Gasteiger partial charge on any atom is 0.410 e. The molecule has 1 aliphatic rings. The summed E-state index contributed by atoms with van der Waals surface area (Å²) in [6.07, 6.45) is 0.431. The van der Waals surface area contributed by atoms with Crippen LogP contribution in [0.15, 0.2) is 36.5 Å². The quantitative estimate of drug-likeness (QED) is 0.371. The second kappa shape index (κ2) is 12.8. The van der Waals surface area contributed by atoms with Gasteiger partial charge < -0.3 is 28.9 Å². The van der Waals surface area contributed by atoms with Gasteiger partial charge in [0.05, 0.1) is 30.4 Å². The molecule has 42 heavy (non-hydrogen) atoms. The molecule has 0 N–H and O–H groups in total. The highest BCUT2D eigenvalue weighted by Crippen LogP contribution is 2.30. The molecule has 4 rings (SSSR count). The Morgan fingerprint density at radius 1 is 1.02 bits per heavy atom. The minimum atomic E-state index is -0.765. The Morgan fingerprint density at radius 3 is 2.31 bits per heavy atom. The third-order valence-corrected chi connectivity index (χ3v) is 6.66. The first kappa shape index (κ1) is 30.9. The number of hydrogen-bond donors (Lipinski definition) is 0. The molecular weight excluding hydrogens is 548 g/mol. The predicted molar refractivity (Wildman–Crippen MR) is 154 cm³/mol. The smallest absolute Gasteiger partial charge is 0.410 e. The van der Waals surface area contributed by atoms with Gasteiger partial charge in [0.1, 0.15) is 34.9 Å². The summed E-state index contributed by atoms with van der Waals surface area (Å²) in [6.45, 7) is 10.0. The maximum absolute atomic E-state index is 13.9. The van der Waals surface area contributed by atoms with E-state index in [1.807, 2.05) is 0 Å². The van der Waals surface area contributed by atoms with E-state index in [0.717, 1.165) is 18.2 Å². The van der Waals surface area contributed by atoms with Crippen LogP contribution in [0.1, 0.15) is 49.7 Å². The van der Waals surface area contributed by atoms with E-state index in [2.05, 4.69) is 9.88 Å². The Hall–Kier alpha value is -4.06. The number of benzene rings is 2. The first-order chi connectivity index (χ1) is 19.8. The summed E-state index contributed by atoms with van der Waals surface area (Å²) in [5.41, 5.74) is 1.20. The van der Waals surface area contributed by atoms with E-state index in [-0.39, 0.29) is 24.7 Å². The number of hydrogen-bond acceptors (Lipinski definition) is 8. The number of nitrogens with zero attached hydrogens (tertiary/aromatic N) is 5. The highest BCUT2D eigenvalue weighted by Gasteiger charge is 2.24. The summed E-state index contributed by atoms with van der Waals surface area (Å²) >= 11 is 0. The van der Waals surface area contributed by atoms with Crippen molar-refractivity contribution in [1.82, 2.24) is 19.8 Å². The van der Waals surface area contributed by atoms with Gasteiger partial charge in [-0.3, -0.25) is 9.78 Å². The van der Waals surface area contributed by atoms with Crippen LogP contribution < -0.4 is 9.64 Å². The van der Waals surface area contributed by atoms with Gasteiger partial charge in [-0.15, -0.1) is 0 Å². The van der Waals surface area contributed by atoms with Gasteiger partial charge in [0.2, 0.25) is 0 Å². The fraction of sp³-hybridized carbons (Fsp3) is 0.467. The minimum absolute atomic E-state index is 0.00414. The molecule has 1 aromatic heterocycles. The van der Waals surface area contributed by atoms with Gasteiger partial charge in [0, 0.05) is 69.6 Å². The molecule has 1 atom stereocenters. The Balaban J connectivity index is 1.63. The standard InChI is InChI=1S/C30H37F2N5O5/c1-19(41-23-16-21(31)15-22(32)17-23)24-13-20(28(38)35(5)7-8-36(6)29(39)42-30(2,3)4)14-25-27(24)34-26(18-33-25)37-9-11-40-12-10-37/h13-19H,7-12H2,1-6H3. The van der Waals surface area contributed by atoms with Crippen molar-refractivity contribution in [2.45, 2.75) is 39.4 Å². The number of carbonyl (C=O) groups excluding carboxylic acids is 2. The molecular formula is C30H37F2N5O5. The van der Waals surface area contributed by atoms with E-state index in [9.17, 15) is 18.4 Å². The van der Waals surface area contributed by atoms with E-state index in [4.69, 9.17) is 19.2 Å². The Kier molecular flexibility index (Phi) is 9.45. The molecule has 0 radical (unpaired) electrons. The number of anilines is 1. The van der Waals surface area contributed by atoms with Crippen LogP contribution in [0.4, 0.5) is 19.4 Å². The van der Waals surface area contributed by atoms with E-state index < -0.39 is 29.4 Å². The number of morpholine rings is 1. The van der Waals surface area contributed by atoms with Crippen LogP contribution in [0.25, 0.3) is 11.0 Å². The van der Waals surface area contributed by atoms with Crippen molar-refractivity contribution in [3.8, 4) is 5.75 Å². The molecule has 2 aromatic carbocycles. The van der Waals surface area contributed by atoms with Crippen LogP contribution in [0.3, 0.4) is 0 Å². The minimum Gasteiger partial charge on any atom is -0.486 e. The zero-order chi connectivity index (χ0) is 30.6. The molecule has 226 valence electrons. The average molecular weight is 586 g/mol. The molecule has 1 aliphatic heterocycles. The van der Waals surface area contributed by atoms with Crippen LogP contribution in [0.5, 0.6) is 5.75 Å². The number of rotatable bonds is 8. The van der Waals surface area contributed by atoms with Crippen molar-refractivity contribution < 1.29 is 32.6 Å². The van der Waals surface area contributed by atoms with Crippen molar-refractivity contribution in [2.24, 2.45) is 0 Å². The monoisotopic (exact) mass is 585 g/mol. The first-order valence-electron chi connectivity index (χ1n) is 13.8.